The predicted octanol–water partition coefficient (Wildman–Crippen LogP) is 2.93. The molecule has 0 aliphatic heterocycles. The average molecular weight is 401 g/mol. The Morgan fingerprint density at radius 3 is 2.64 bits per heavy atom. The molecule has 2 heterocycles. The third-order valence-electron chi connectivity index (χ3n) is 3.89. The van der Waals surface area contributed by atoms with Gasteiger partial charge in [-0.05, 0) is 12.8 Å². The molecule has 0 radical (unpaired) electrons. The average Bonchev–Trinajstić information content (AvgIpc) is 3.10. The number of aryl methyl sites for hydroxylation is 1. The lowest BCUT2D eigenvalue weighted by molar-refractivity contribution is -0.137. The second-order valence-corrected chi connectivity index (χ2v) is 6.02. The first-order chi connectivity index (χ1) is 13.3. The van der Waals surface area contributed by atoms with Gasteiger partial charge in [0, 0.05) is 32.4 Å². The molecule has 0 aromatic carbocycles. The Balaban J connectivity index is 1.83. The summed E-state index contributed by atoms with van der Waals surface area (Å²) in [6, 6.07) is 0. The zero-order valence-electron chi connectivity index (χ0n) is 15.3. The number of rotatable bonds is 10. The Morgan fingerprint density at radius 1 is 1.21 bits per heavy atom. The fourth-order valence-electron chi connectivity index (χ4n) is 2.49. The summed E-state index contributed by atoms with van der Waals surface area (Å²) in [5.41, 5.74) is 1.21. The van der Waals surface area contributed by atoms with E-state index in [-0.39, 0.29) is 18.2 Å². The zero-order valence-corrected chi connectivity index (χ0v) is 15.3. The van der Waals surface area contributed by atoms with Gasteiger partial charge in [0.1, 0.15) is 11.4 Å². The van der Waals surface area contributed by atoms with Crippen molar-refractivity contribution >= 4 is 23.4 Å². The molecule has 0 fully saturated rings. The zero-order chi connectivity index (χ0) is 20.6. The summed E-state index contributed by atoms with van der Waals surface area (Å²) >= 11 is 0. The van der Waals surface area contributed by atoms with Crippen molar-refractivity contribution < 1.29 is 23.2 Å². The van der Waals surface area contributed by atoms with Gasteiger partial charge in [0.2, 0.25) is 11.9 Å². The third kappa shape index (κ3) is 6.37. The van der Waals surface area contributed by atoms with E-state index in [1.54, 1.807) is 16.4 Å². The Morgan fingerprint density at radius 2 is 1.96 bits per heavy atom. The van der Waals surface area contributed by atoms with Gasteiger partial charge in [-0.1, -0.05) is 12.8 Å². The lowest BCUT2D eigenvalue weighted by Crippen LogP contribution is -2.17. The highest BCUT2D eigenvalue weighted by Crippen LogP contribution is 2.33. The fraction of sp³-hybridized carbons (Fsp3) is 0.500. The van der Waals surface area contributed by atoms with Gasteiger partial charge >= 0.3 is 6.18 Å². The van der Waals surface area contributed by atoms with E-state index >= 15 is 0 Å². The van der Waals surface area contributed by atoms with Gasteiger partial charge in [0.25, 0.3) is 0 Å². The minimum absolute atomic E-state index is 0.0269. The van der Waals surface area contributed by atoms with Crippen molar-refractivity contribution in [3.8, 4) is 0 Å². The van der Waals surface area contributed by atoms with Gasteiger partial charge in [0.05, 0.1) is 11.9 Å². The molecule has 0 bridgehead atoms. The summed E-state index contributed by atoms with van der Waals surface area (Å²) in [4.78, 5) is 18.4. The topological polar surface area (TPSA) is 117 Å². The molecule has 0 saturated heterocycles. The number of carbonyl (C=O) groups excluding carboxylic acids is 1. The van der Waals surface area contributed by atoms with Crippen molar-refractivity contribution in [2.45, 2.75) is 44.8 Å². The number of anilines is 3. The van der Waals surface area contributed by atoms with Crippen LogP contribution in [0.15, 0.2) is 18.6 Å². The van der Waals surface area contributed by atoms with Gasteiger partial charge in [-0.25, -0.2) is 10.5 Å². The van der Waals surface area contributed by atoms with E-state index in [2.05, 4.69) is 25.7 Å². The van der Waals surface area contributed by atoms with Crippen molar-refractivity contribution in [2.75, 3.05) is 17.7 Å². The largest absolute Gasteiger partial charge is 0.421 e. The first-order valence-corrected chi connectivity index (χ1v) is 8.68. The van der Waals surface area contributed by atoms with Crippen molar-refractivity contribution in [1.82, 2.24) is 25.2 Å². The normalized spacial score (nSPS) is 11.3. The smallest absolute Gasteiger partial charge is 0.372 e. The number of carbonyl (C=O) groups is 1. The molecular weight excluding hydrogens is 379 g/mol. The first kappa shape index (κ1) is 21.4. The molecule has 0 saturated carbocycles. The molecule has 0 unspecified atom stereocenters. The molecule has 154 valence electrons. The van der Waals surface area contributed by atoms with E-state index in [4.69, 9.17) is 5.21 Å². The summed E-state index contributed by atoms with van der Waals surface area (Å²) in [6.07, 6.45) is 3.01. The van der Waals surface area contributed by atoms with Gasteiger partial charge < -0.3 is 10.6 Å². The molecular formula is C16H22F3N7O2. The number of hydrogen-bond donors (Lipinski definition) is 4. The highest BCUT2D eigenvalue weighted by molar-refractivity contribution is 5.74. The first-order valence-electron chi connectivity index (χ1n) is 8.68. The fourth-order valence-corrected chi connectivity index (χ4v) is 2.49. The summed E-state index contributed by atoms with van der Waals surface area (Å²) in [5.74, 6) is -0.680. The summed E-state index contributed by atoms with van der Waals surface area (Å²) in [7, 11) is 1.36. The molecule has 0 aliphatic carbocycles. The second-order valence-electron chi connectivity index (χ2n) is 6.02. The minimum atomic E-state index is -4.54. The van der Waals surface area contributed by atoms with E-state index in [0.717, 1.165) is 25.5 Å². The Labute approximate surface area is 159 Å². The maximum Gasteiger partial charge on any atom is 0.421 e. The summed E-state index contributed by atoms with van der Waals surface area (Å²) in [6.45, 7) is 0.656. The van der Waals surface area contributed by atoms with Gasteiger partial charge in [0.15, 0.2) is 0 Å². The van der Waals surface area contributed by atoms with E-state index in [9.17, 15) is 18.0 Å². The quantitative estimate of drug-likeness (QED) is 0.275. The lowest BCUT2D eigenvalue weighted by Gasteiger charge is -2.12. The third-order valence-corrected chi connectivity index (χ3v) is 3.89. The van der Waals surface area contributed by atoms with Crippen LogP contribution in [0.1, 0.15) is 37.7 Å². The Bertz CT molecular complexity index is 780. The maximum atomic E-state index is 12.9. The minimum Gasteiger partial charge on any atom is -0.372 e. The molecule has 0 aliphatic rings. The number of amides is 1. The summed E-state index contributed by atoms with van der Waals surface area (Å²) in [5, 5.41) is 17.8. The van der Waals surface area contributed by atoms with Crippen molar-refractivity contribution in [3.05, 3.63) is 24.2 Å². The monoisotopic (exact) mass is 401 g/mol. The SMILES string of the molecule is CNc1nc(Nc2cnn(CCCCCCC(=O)NO)c2)ncc1C(F)(F)F. The number of alkyl halides is 3. The van der Waals surface area contributed by atoms with Gasteiger partial charge in [-0.15, -0.1) is 0 Å². The van der Waals surface area contributed by atoms with E-state index in [1.165, 1.54) is 13.2 Å². The maximum absolute atomic E-state index is 12.9. The number of unbranched alkanes of at least 4 members (excludes halogenated alkanes) is 3. The Hall–Kier alpha value is -2.89. The molecule has 2 rings (SSSR count). The second kappa shape index (κ2) is 9.88. The van der Waals surface area contributed by atoms with Crippen LogP contribution in [0, 0.1) is 0 Å². The van der Waals surface area contributed by atoms with E-state index < -0.39 is 17.6 Å². The molecule has 0 atom stereocenters. The number of halogens is 3. The number of nitrogens with zero attached hydrogens (tertiary/aromatic N) is 4. The standard InChI is InChI=1S/C16H22F3N7O2/c1-20-14-12(16(17,18)19)9-21-15(24-14)23-11-8-22-26(10-11)7-5-3-2-4-6-13(27)25-28/h8-10,28H,2-7H2,1H3,(H,25,27)(H2,20,21,23,24). The van der Waals surface area contributed by atoms with Crippen LogP contribution in [-0.4, -0.2) is 37.9 Å². The number of hydrogen-bond acceptors (Lipinski definition) is 7. The van der Waals surface area contributed by atoms with Crippen LogP contribution >= 0.6 is 0 Å². The van der Waals surface area contributed by atoms with Crippen molar-refractivity contribution in [1.29, 1.82) is 0 Å². The molecule has 0 spiro atoms. The molecule has 28 heavy (non-hydrogen) atoms. The molecule has 1 amide bonds. The van der Waals surface area contributed by atoms with Crippen LogP contribution in [-0.2, 0) is 17.5 Å². The lowest BCUT2D eigenvalue weighted by atomic mass is 10.1. The van der Waals surface area contributed by atoms with Crippen LogP contribution in [0.5, 0.6) is 0 Å². The molecule has 2 aromatic heterocycles. The van der Waals surface area contributed by atoms with Crippen molar-refractivity contribution in [3.63, 3.8) is 0 Å². The van der Waals surface area contributed by atoms with Gasteiger partial charge in [-0.2, -0.15) is 23.3 Å². The Kier molecular flexibility index (Phi) is 7.55. The van der Waals surface area contributed by atoms with Gasteiger partial charge in [-0.3, -0.25) is 14.7 Å². The number of aromatic nitrogens is 4. The number of hydroxylamine groups is 1. The highest BCUT2D eigenvalue weighted by atomic mass is 19.4. The van der Waals surface area contributed by atoms with Crippen LogP contribution in [0.2, 0.25) is 0 Å². The molecule has 4 N–H and O–H groups in total. The molecule has 2 aromatic rings. The van der Waals surface area contributed by atoms with Crippen LogP contribution < -0.4 is 16.1 Å². The van der Waals surface area contributed by atoms with Crippen molar-refractivity contribution in [2.24, 2.45) is 0 Å². The molecule has 12 heteroatoms. The summed E-state index contributed by atoms with van der Waals surface area (Å²) < 4.78 is 40.3. The number of nitrogens with one attached hydrogen (secondary N) is 3. The van der Waals surface area contributed by atoms with E-state index in [1.807, 2.05) is 0 Å². The van der Waals surface area contributed by atoms with Crippen LogP contribution in [0.25, 0.3) is 0 Å². The molecule has 9 nitrogen and oxygen atoms in total. The highest BCUT2D eigenvalue weighted by Gasteiger charge is 2.35. The predicted molar refractivity (Wildman–Crippen MR) is 95.1 cm³/mol. The van der Waals surface area contributed by atoms with Crippen LogP contribution in [0.4, 0.5) is 30.6 Å². The van der Waals surface area contributed by atoms with Crippen LogP contribution in [0.3, 0.4) is 0 Å². The van der Waals surface area contributed by atoms with E-state index in [0.29, 0.717) is 18.7 Å².